The lowest BCUT2D eigenvalue weighted by atomic mass is 10.2. The Morgan fingerprint density at radius 1 is 1.29 bits per heavy atom. The lowest BCUT2D eigenvalue weighted by Crippen LogP contribution is -2.19. The zero-order valence-corrected chi connectivity index (χ0v) is 11.1. The van der Waals surface area contributed by atoms with Crippen molar-refractivity contribution in [3.63, 3.8) is 0 Å². The molecule has 1 heterocycles. The highest BCUT2D eigenvalue weighted by molar-refractivity contribution is 9.10. The highest BCUT2D eigenvalue weighted by Gasteiger charge is 2.15. The fourth-order valence-corrected chi connectivity index (χ4v) is 2.57. The van der Waals surface area contributed by atoms with Crippen molar-refractivity contribution in [1.29, 1.82) is 0 Å². The molecule has 0 unspecified atom stereocenters. The van der Waals surface area contributed by atoms with Gasteiger partial charge in [0, 0.05) is 16.1 Å². The van der Waals surface area contributed by atoms with Crippen LogP contribution in [0.3, 0.4) is 0 Å². The van der Waals surface area contributed by atoms with Gasteiger partial charge in [-0.05, 0) is 29.7 Å². The molecule has 1 aromatic heterocycles. The van der Waals surface area contributed by atoms with Crippen LogP contribution in [0.15, 0.2) is 39.7 Å². The van der Waals surface area contributed by atoms with E-state index in [9.17, 15) is 9.36 Å². The maximum absolute atomic E-state index is 11.9. The molecular formula is C10H9BrNO4P. The molecule has 90 valence electrons. The molecule has 2 rings (SSSR count). The van der Waals surface area contributed by atoms with Gasteiger partial charge in [-0.3, -0.25) is 9.36 Å². The Morgan fingerprint density at radius 3 is 2.65 bits per heavy atom. The van der Waals surface area contributed by atoms with Gasteiger partial charge in [0.1, 0.15) is 6.29 Å². The van der Waals surface area contributed by atoms with Crippen LogP contribution in [-0.2, 0) is 10.9 Å². The molecule has 0 saturated heterocycles. The molecule has 0 bridgehead atoms. The highest BCUT2D eigenvalue weighted by atomic mass is 79.9. The standard InChI is InChI=1S/C10H9BrNO4P/c11-8-1-2-9-7(5-8)3-4-12(10(9)13)6-17(14,15)16/h1-5H,6H2,(H2,14,15,16). The minimum atomic E-state index is -4.25. The monoisotopic (exact) mass is 317 g/mol. The Hall–Kier alpha value is -0.940. The van der Waals surface area contributed by atoms with E-state index in [2.05, 4.69) is 15.9 Å². The average molecular weight is 318 g/mol. The van der Waals surface area contributed by atoms with E-state index in [-0.39, 0.29) is 0 Å². The summed E-state index contributed by atoms with van der Waals surface area (Å²) in [6.45, 7) is 0. The summed E-state index contributed by atoms with van der Waals surface area (Å²) in [5.74, 6) is 0. The first kappa shape index (κ1) is 12.5. The number of pyridine rings is 1. The Labute approximate surface area is 105 Å². The predicted molar refractivity (Wildman–Crippen MR) is 68.0 cm³/mol. The lowest BCUT2D eigenvalue weighted by molar-refractivity contribution is 0.361. The van der Waals surface area contributed by atoms with Crippen LogP contribution in [0.2, 0.25) is 0 Å². The maximum atomic E-state index is 11.9. The number of halogens is 1. The number of hydrogen-bond donors (Lipinski definition) is 2. The van der Waals surface area contributed by atoms with Gasteiger partial charge in [0.2, 0.25) is 0 Å². The SMILES string of the molecule is O=c1c2ccc(Br)cc2ccn1CP(=O)(O)O. The Kier molecular flexibility index (Phi) is 3.23. The third-order valence-corrected chi connectivity index (χ3v) is 3.44. The van der Waals surface area contributed by atoms with E-state index in [4.69, 9.17) is 9.79 Å². The van der Waals surface area contributed by atoms with Crippen LogP contribution in [-0.4, -0.2) is 14.4 Å². The van der Waals surface area contributed by atoms with Gasteiger partial charge in [-0.2, -0.15) is 0 Å². The molecule has 0 amide bonds. The van der Waals surface area contributed by atoms with E-state index in [1.807, 2.05) is 0 Å². The van der Waals surface area contributed by atoms with Gasteiger partial charge in [0.15, 0.2) is 0 Å². The van der Waals surface area contributed by atoms with E-state index >= 15 is 0 Å². The summed E-state index contributed by atoms with van der Waals surface area (Å²) in [5, 5.41) is 1.16. The van der Waals surface area contributed by atoms with Crippen LogP contribution < -0.4 is 5.56 Å². The molecule has 0 saturated carbocycles. The molecule has 0 fully saturated rings. The second-order valence-electron chi connectivity index (χ2n) is 3.63. The first-order chi connectivity index (χ1) is 7.87. The fraction of sp³-hybridized carbons (Fsp3) is 0.100. The van der Waals surface area contributed by atoms with Gasteiger partial charge < -0.3 is 14.4 Å². The summed E-state index contributed by atoms with van der Waals surface area (Å²) in [5.41, 5.74) is -0.404. The van der Waals surface area contributed by atoms with E-state index in [0.29, 0.717) is 5.39 Å². The minimum absolute atomic E-state index is 0.404. The van der Waals surface area contributed by atoms with Gasteiger partial charge in [-0.25, -0.2) is 0 Å². The van der Waals surface area contributed by atoms with Gasteiger partial charge >= 0.3 is 7.60 Å². The first-order valence-corrected chi connectivity index (χ1v) is 7.29. The van der Waals surface area contributed by atoms with Crippen molar-refractivity contribution in [2.45, 2.75) is 6.29 Å². The number of hydrogen-bond acceptors (Lipinski definition) is 2. The Morgan fingerprint density at radius 2 is 2.00 bits per heavy atom. The summed E-state index contributed by atoms with van der Waals surface area (Å²) in [4.78, 5) is 29.6. The molecule has 2 N–H and O–H groups in total. The van der Waals surface area contributed by atoms with Crippen molar-refractivity contribution in [2.75, 3.05) is 0 Å². The molecule has 0 spiro atoms. The summed E-state index contributed by atoms with van der Waals surface area (Å²) < 4.78 is 12.7. The van der Waals surface area contributed by atoms with E-state index in [1.54, 1.807) is 24.3 Å². The summed E-state index contributed by atoms with van der Waals surface area (Å²) >= 11 is 3.29. The summed E-state index contributed by atoms with van der Waals surface area (Å²) in [7, 11) is -4.25. The summed E-state index contributed by atoms with van der Waals surface area (Å²) in [6, 6.07) is 6.76. The molecule has 0 atom stereocenters. The van der Waals surface area contributed by atoms with Crippen LogP contribution in [0.5, 0.6) is 0 Å². The average Bonchev–Trinajstić information content (AvgIpc) is 2.20. The maximum Gasteiger partial charge on any atom is 0.345 e. The second-order valence-corrected chi connectivity index (χ2v) is 6.16. The third-order valence-electron chi connectivity index (χ3n) is 2.28. The van der Waals surface area contributed by atoms with E-state index in [1.165, 1.54) is 6.20 Å². The van der Waals surface area contributed by atoms with Gasteiger partial charge in [0.25, 0.3) is 5.56 Å². The Bertz CT molecular complexity index is 676. The minimum Gasteiger partial charge on any atom is -0.323 e. The topological polar surface area (TPSA) is 79.5 Å². The molecule has 0 radical (unpaired) electrons. The zero-order valence-electron chi connectivity index (χ0n) is 8.58. The normalized spacial score (nSPS) is 11.9. The number of aromatic nitrogens is 1. The van der Waals surface area contributed by atoms with Gasteiger partial charge in [-0.1, -0.05) is 15.9 Å². The van der Waals surface area contributed by atoms with Crippen molar-refractivity contribution in [3.05, 3.63) is 45.3 Å². The molecule has 0 aliphatic heterocycles. The van der Waals surface area contributed by atoms with Crippen molar-refractivity contribution in [2.24, 2.45) is 0 Å². The molecule has 2 aromatic rings. The van der Waals surface area contributed by atoms with Crippen molar-refractivity contribution < 1.29 is 14.4 Å². The number of nitrogens with zero attached hydrogens (tertiary/aromatic N) is 1. The van der Waals surface area contributed by atoms with Crippen LogP contribution in [0.25, 0.3) is 10.8 Å². The number of benzene rings is 1. The molecule has 0 aliphatic carbocycles. The van der Waals surface area contributed by atoms with Crippen LogP contribution in [0.4, 0.5) is 0 Å². The molecule has 17 heavy (non-hydrogen) atoms. The first-order valence-electron chi connectivity index (χ1n) is 4.70. The number of rotatable bonds is 2. The molecular weight excluding hydrogens is 309 g/mol. The molecule has 1 aromatic carbocycles. The summed E-state index contributed by atoms with van der Waals surface area (Å²) in [6.07, 6.45) is 0.786. The molecule has 0 aliphatic rings. The van der Waals surface area contributed by atoms with Gasteiger partial charge in [-0.15, -0.1) is 0 Å². The predicted octanol–water partition coefficient (Wildman–Crippen LogP) is 1.90. The largest absolute Gasteiger partial charge is 0.345 e. The van der Waals surface area contributed by atoms with Crippen molar-refractivity contribution in [1.82, 2.24) is 4.57 Å². The van der Waals surface area contributed by atoms with E-state index < -0.39 is 19.4 Å². The van der Waals surface area contributed by atoms with Crippen LogP contribution >= 0.6 is 23.5 Å². The highest BCUT2D eigenvalue weighted by Crippen LogP contribution is 2.35. The third kappa shape index (κ3) is 2.84. The van der Waals surface area contributed by atoms with E-state index in [0.717, 1.165) is 14.4 Å². The number of fused-ring (bicyclic) bond motifs is 1. The Balaban J connectivity index is 2.63. The molecule has 5 nitrogen and oxygen atoms in total. The lowest BCUT2D eigenvalue weighted by Gasteiger charge is -2.08. The van der Waals surface area contributed by atoms with Crippen LogP contribution in [0.1, 0.15) is 0 Å². The molecule has 7 heteroatoms. The van der Waals surface area contributed by atoms with Crippen molar-refractivity contribution in [3.8, 4) is 0 Å². The van der Waals surface area contributed by atoms with Gasteiger partial charge in [0.05, 0.1) is 0 Å². The van der Waals surface area contributed by atoms with Crippen molar-refractivity contribution >= 4 is 34.3 Å². The zero-order chi connectivity index (χ0) is 12.6. The fourth-order valence-electron chi connectivity index (χ4n) is 1.57. The smallest absolute Gasteiger partial charge is 0.323 e. The van der Waals surface area contributed by atoms with Crippen LogP contribution in [0, 0.1) is 0 Å². The second kappa shape index (κ2) is 4.38. The quantitative estimate of drug-likeness (QED) is 0.829.